The number of nitrogens with one attached hydrogen (secondary N) is 1. The van der Waals surface area contributed by atoms with Crippen molar-refractivity contribution in [3.05, 3.63) is 63.1 Å². The van der Waals surface area contributed by atoms with Crippen molar-refractivity contribution in [3.8, 4) is 5.75 Å². The zero-order chi connectivity index (χ0) is 21.8. The average molecular weight is 494 g/mol. The second-order valence-electron chi connectivity index (χ2n) is 6.30. The minimum Gasteiger partial charge on any atom is -0.476 e. The lowest BCUT2D eigenvalue weighted by Gasteiger charge is -2.16. The van der Waals surface area contributed by atoms with Crippen LogP contribution in [0.1, 0.15) is 19.4 Å². The maximum Gasteiger partial charge on any atom is 0.347 e. The van der Waals surface area contributed by atoms with E-state index in [-0.39, 0.29) is 23.0 Å². The van der Waals surface area contributed by atoms with Crippen LogP contribution in [-0.2, 0) is 19.1 Å². The van der Waals surface area contributed by atoms with Gasteiger partial charge in [0.1, 0.15) is 5.57 Å². The molecule has 3 rings (SSSR count). The van der Waals surface area contributed by atoms with Gasteiger partial charge in [-0.25, -0.2) is 9.80 Å². The van der Waals surface area contributed by atoms with Gasteiger partial charge in [-0.1, -0.05) is 29.8 Å². The van der Waals surface area contributed by atoms with Gasteiger partial charge in [-0.2, -0.15) is 0 Å². The summed E-state index contributed by atoms with van der Waals surface area (Å²) in [6.07, 6.45) is 0.583. The Morgan fingerprint density at radius 3 is 2.60 bits per heavy atom. The summed E-state index contributed by atoms with van der Waals surface area (Å²) in [5.74, 6) is -1.25. The number of esters is 1. The van der Waals surface area contributed by atoms with Crippen LogP contribution in [0.15, 0.2) is 52.5 Å². The van der Waals surface area contributed by atoms with Crippen molar-refractivity contribution < 1.29 is 23.9 Å². The van der Waals surface area contributed by atoms with Crippen molar-refractivity contribution in [2.75, 3.05) is 11.6 Å². The molecule has 1 fully saturated rings. The van der Waals surface area contributed by atoms with E-state index in [1.54, 1.807) is 44.2 Å². The second kappa shape index (κ2) is 9.32. The summed E-state index contributed by atoms with van der Waals surface area (Å²) < 4.78 is 11.0. The zero-order valence-electron chi connectivity index (χ0n) is 16.1. The molecule has 7 nitrogen and oxygen atoms in total. The number of benzene rings is 2. The van der Waals surface area contributed by atoms with Crippen LogP contribution < -0.4 is 15.2 Å². The molecular formula is C21H18BrClN2O5. The number of carbonyl (C=O) groups is 3. The highest BCUT2D eigenvalue weighted by molar-refractivity contribution is 9.10. The SMILES string of the molecule is CCOC(=O)[C@@H](C)Oc1c(Cl)cc(/C=C2/C(=O)NN(c3ccccc3)C2=O)cc1Br. The van der Waals surface area contributed by atoms with E-state index in [1.807, 2.05) is 6.07 Å². The highest BCUT2D eigenvalue weighted by Crippen LogP contribution is 2.36. The fraction of sp³-hybridized carbons (Fsp3) is 0.190. The lowest BCUT2D eigenvalue weighted by Crippen LogP contribution is -2.35. The predicted molar refractivity (Wildman–Crippen MR) is 116 cm³/mol. The number of anilines is 1. The third-order valence-electron chi connectivity index (χ3n) is 4.15. The van der Waals surface area contributed by atoms with Crippen LogP contribution >= 0.6 is 27.5 Å². The molecule has 0 aromatic heterocycles. The van der Waals surface area contributed by atoms with Crippen LogP contribution in [0.4, 0.5) is 5.69 Å². The van der Waals surface area contributed by atoms with Gasteiger partial charge in [0.25, 0.3) is 11.8 Å². The molecule has 0 unspecified atom stereocenters. The molecule has 1 atom stereocenters. The number of nitrogens with zero attached hydrogens (tertiary/aromatic N) is 1. The highest BCUT2D eigenvalue weighted by atomic mass is 79.9. The van der Waals surface area contributed by atoms with Crippen molar-refractivity contribution in [1.29, 1.82) is 0 Å². The summed E-state index contributed by atoms with van der Waals surface area (Å²) in [6, 6.07) is 12.0. The van der Waals surface area contributed by atoms with Crippen molar-refractivity contribution in [3.63, 3.8) is 0 Å². The van der Waals surface area contributed by atoms with Gasteiger partial charge in [0.05, 0.1) is 21.8 Å². The molecule has 0 aliphatic carbocycles. The van der Waals surface area contributed by atoms with Gasteiger partial charge in [0.2, 0.25) is 0 Å². The maximum absolute atomic E-state index is 12.7. The van der Waals surface area contributed by atoms with Gasteiger partial charge in [0, 0.05) is 0 Å². The molecule has 156 valence electrons. The number of hydrogen-bond donors (Lipinski definition) is 1. The largest absolute Gasteiger partial charge is 0.476 e. The van der Waals surface area contributed by atoms with Crippen LogP contribution in [0.3, 0.4) is 0 Å². The highest BCUT2D eigenvalue weighted by Gasteiger charge is 2.34. The molecular weight excluding hydrogens is 476 g/mol. The lowest BCUT2D eigenvalue weighted by molar-refractivity contribution is -0.150. The standard InChI is InChI=1S/C21H18BrClN2O5/c1-3-29-21(28)12(2)30-18-16(22)10-13(11-17(18)23)9-15-19(26)24-25(20(15)27)14-7-5-4-6-8-14/h4-12H,3H2,1-2H3,(H,24,26)/b15-9-/t12-/m1/s1. The molecule has 1 heterocycles. The van der Waals surface area contributed by atoms with Crippen molar-refractivity contribution in [1.82, 2.24) is 5.43 Å². The van der Waals surface area contributed by atoms with Gasteiger partial charge in [-0.05, 0) is 65.7 Å². The third kappa shape index (κ3) is 4.66. The van der Waals surface area contributed by atoms with E-state index >= 15 is 0 Å². The van der Waals surface area contributed by atoms with Gasteiger partial charge in [0.15, 0.2) is 11.9 Å². The van der Waals surface area contributed by atoms with E-state index in [1.165, 1.54) is 17.2 Å². The molecule has 0 saturated carbocycles. The molecule has 1 N–H and O–H groups in total. The Hall–Kier alpha value is -2.84. The first-order valence-corrected chi connectivity index (χ1v) is 10.2. The number of rotatable bonds is 6. The summed E-state index contributed by atoms with van der Waals surface area (Å²) >= 11 is 9.67. The Labute approximate surface area is 186 Å². The van der Waals surface area contributed by atoms with Crippen molar-refractivity contribution in [2.24, 2.45) is 0 Å². The quantitative estimate of drug-likeness (QED) is 0.375. The van der Waals surface area contributed by atoms with Crippen LogP contribution in [0.5, 0.6) is 5.75 Å². The summed E-state index contributed by atoms with van der Waals surface area (Å²) in [6.45, 7) is 3.50. The Balaban J connectivity index is 1.85. The van der Waals surface area contributed by atoms with Crippen LogP contribution in [0.25, 0.3) is 6.08 Å². The number of amides is 2. The number of carbonyl (C=O) groups excluding carboxylic acids is 3. The molecule has 2 amide bonds. The molecule has 1 saturated heterocycles. The number of para-hydroxylation sites is 1. The average Bonchev–Trinajstić information content (AvgIpc) is 2.99. The molecule has 0 radical (unpaired) electrons. The van der Waals surface area contributed by atoms with E-state index in [9.17, 15) is 14.4 Å². The Morgan fingerprint density at radius 2 is 1.97 bits per heavy atom. The third-order valence-corrected chi connectivity index (χ3v) is 5.02. The summed E-state index contributed by atoms with van der Waals surface area (Å²) in [7, 11) is 0. The molecule has 2 aromatic carbocycles. The van der Waals surface area contributed by atoms with Crippen LogP contribution in [0.2, 0.25) is 5.02 Å². The number of hydrogen-bond acceptors (Lipinski definition) is 5. The molecule has 1 aliphatic heterocycles. The van der Waals surface area contributed by atoms with Crippen molar-refractivity contribution in [2.45, 2.75) is 20.0 Å². The van der Waals surface area contributed by atoms with E-state index in [0.29, 0.717) is 15.7 Å². The first-order chi connectivity index (χ1) is 14.3. The summed E-state index contributed by atoms with van der Waals surface area (Å²) in [5.41, 5.74) is 3.57. The lowest BCUT2D eigenvalue weighted by atomic mass is 10.1. The number of hydrazine groups is 1. The fourth-order valence-electron chi connectivity index (χ4n) is 2.74. The zero-order valence-corrected chi connectivity index (χ0v) is 18.5. The molecule has 1 aliphatic rings. The van der Waals surface area contributed by atoms with Crippen LogP contribution in [-0.4, -0.2) is 30.5 Å². The minimum absolute atomic E-state index is 0.0321. The smallest absolute Gasteiger partial charge is 0.347 e. The minimum atomic E-state index is -0.857. The van der Waals surface area contributed by atoms with E-state index in [4.69, 9.17) is 21.1 Å². The van der Waals surface area contributed by atoms with Gasteiger partial charge in [-0.15, -0.1) is 0 Å². The van der Waals surface area contributed by atoms with Crippen LogP contribution in [0, 0.1) is 0 Å². The molecule has 0 spiro atoms. The first-order valence-electron chi connectivity index (χ1n) is 9.06. The van der Waals surface area contributed by atoms with Gasteiger partial charge < -0.3 is 9.47 Å². The first kappa shape index (κ1) is 21.9. The van der Waals surface area contributed by atoms with E-state index < -0.39 is 23.9 Å². The number of halogens is 2. The fourth-order valence-corrected chi connectivity index (χ4v) is 3.70. The maximum atomic E-state index is 12.7. The predicted octanol–water partition coefficient (Wildman–Crippen LogP) is 3.89. The molecule has 2 aromatic rings. The second-order valence-corrected chi connectivity index (χ2v) is 7.56. The molecule has 0 bridgehead atoms. The van der Waals surface area contributed by atoms with Gasteiger partial charge >= 0.3 is 5.97 Å². The monoisotopic (exact) mass is 492 g/mol. The normalized spacial score (nSPS) is 15.9. The summed E-state index contributed by atoms with van der Waals surface area (Å²) in [5, 5.41) is 1.39. The Bertz CT molecular complexity index is 1000. The van der Waals surface area contributed by atoms with E-state index in [0.717, 1.165) is 0 Å². The van der Waals surface area contributed by atoms with Crippen molar-refractivity contribution >= 4 is 57.1 Å². The number of ether oxygens (including phenoxy) is 2. The van der Waals surface area contributed by atoms with Gasteiger partial charge in [-0.3, -0.25) is 15.0 Å². The summed E-state index contributed by atoms with van der Waals surface area (Å²) in [4.78, 5) is 36.8. The van der Waals surface area contributed by atoms with E-state index in [2.05, 4.69) is 21.4 Å². The Morgan fingerprint density at radius 1 is 1.27 bits per heavy atom. The Kier molecular flexibility index (Phi) is 6.79. The molecule has 9 heteroatoms. The molecule has 30 heavy (non-hydrogen) atoms. The topological polar surface area (TPSA) is 84.9 Å².